The Labute approximate surface area is 164 Å². The smallest absolute Gasteiger partial charge is 0.274 e. The zero-order chi connectivity index (χ0) is 20.5. The van der Waals surface area contributed by atoms with Gasteiger partial charge in [0.2, 0.25) is 0 Å². The number of fused-ring (bicyclic) bond motifs is 1. The largest absolute Gasteiger partial charge is 0.507 e. The maximum absolute atomic E-state index is 13.8. The van der Waals surface area contributed by atoms with E-state index in [0.717, 1.165) is 25.0 Å². The fourth-order valence-electron chi connectivity index (χ4n) is 4.98. The average molecular weight is 403 g/mol. The number of nitrogens with zero attached hydrogens (tertiary/aromatic N) is 2. The van der Waals surface area contributed by atoms with Crippen molar-refractivity contribution in [3.8, 4) is 0 Å². The molecule has 1 atom stereocenters. The second kappa shape index (κ2) is 6.03. The minimum absolute atomic E-state index is 0.00296. The number of hydrogen-bond acceptors (Lipinski definition) is 5. The van der Waals surface area contributed by atoms with Gasteiger partial charge in [0.1, 0.15) is 23.4 Å². The summed E-state index contributed by atoms with van der Waals surface area (Å²) in [5.41, 5.74) is -0.333. The van der Waals surface area contributed by atoms with Crippen molar-refractivity contribution in [1.82, 2.24) is 15.1 Å². The van der Waals surface area contributed by atoms with Crippen LogP contribution in [-0.2, 0) is 16.1 Å². The van der Waals surface area contributed by atoms with Crippen LogP contribution in [0.1, 0.15) is 18.4 Å². The van der Waals surface area contributed by atoms with Gasteiger partial charge in [0.05, 0.1) is 11.1 Å². The second-order valence-electron chi connectivity index (χ2n) is 8.18. The number of hydrogen-bond donors (Lipinski definition) is 3. The molecule has 1 unspecified atom stereocenters. The van der Waals surface area contributed by atoms with Crippen molar-refractivity contribution in [2.45, 2.75) is 31.0 Å². The first kappa shape index (κ1) is 18.1. The molecule has 4 fully saturated rings. The van der Waals surface area contributed by atoms with E-state index in [0.29, 0.717) is 19.0 Å². The van der Waals surface area contributed by atoms with Crippen molar-refractivity contribution in [1.29, 1.82) is 0 Å². The Morgan fingerprint density at radius 1 is 1.31 bits per heavy atom. The molecule has 6 rings (SSSR count). The first-order valence-corrected chi connectivity index (χ1v) is 9.43. The SMILES string of the molecule is O=C(NCc1ccc(F)cc1F)C1=CN2C[C@]34C[C@H](CN3C(=O)C2=C(O)C1O)C4. The molecule has 3 saturated heterocycles. The molecule has 4 heterocycles. The van der Waals surface area contributed by atoms with Crippen molar-refractivity contribution < 1.29 is 28.6 Å². The van der Waals surface area contributed by atoms with E-state index in [9.17, 15) is 28.6 Å². The molecule has 1 spiro atoms. The first-order valence-electron chi connectivity index (χ1n) is 9.43. The lowest BCUT2D eigenvalue weighted by molar-refractivity contribution is -0.137. The van der Waals surface area contributed by atoms with Crippen LogP contribution in [0.5, 0.6) is 0 Å². The maximum atomic E-state index is 13.8. The lowest BCUT2D eigenvalue weighted by atomic mass is 9.72. The number of aliphatic hydroxyl groups is 2. The van der Waals surface area contributed by atoms with Crippen LogP contribution in [-0.4, -0.2) is 56.6 Å². The van der Waals surface area contributed by atoms with Crippen LogP contribution >= 0.6 is 0 Å². The van der Waals surface area contributed by atoms with E-state index in [2.05, 4.69) is 5.32 Å². The fraction of sp³-hybridized carbons (Fsp3) is 0.400. The highest BCUT2D eigenvalue weighted by molar-refractivity contribution is 6.00. The van der Waals surface area contributed by atoms with Gasteiger partial charge in [-0.15, -0.1) is 0 Å². The first-order chi connectivity index (χ1) is 13.8. The van der Waals surface area contributed by atoms with E-state index in [1.165, 1.54) is 17.2 Å². The third-order valence-corrected chi connectivity index (χ3v) is 6.36. The number of aliphatic hydroxyl groups excluding tert-OH is 2. The molecule has 1 aromatic rings. The van der Waals surface area contributed by atoms with E-state index >= 15 is 0 Å². The molecule has 3 N–H and O–H groups in total. The molecular formula is C20H19F2N3O4. The van der Waals surface area contributed by atoms with Gasteiger partial charge in [-0.1, -0.05) is 6.07 Å². The number of rotatable bonds is 3. The van der Waals surface area contributed by atoms with Crippen LogP contribution in [0.15, 0.2) is 41.4 Å². The van der Waals surface area contributed by atoms with Crippen LogP contribution in [0, 0.1) is 17.6 Å². The quantitative estimate of drug-likeness (QED) is 0.698. The summed E-state index contributed by atoms with van der Waals surface area (Å²) >= 11 is 0. The Bertz CT molecular complexity index is 999. The number of halogens is 2. The van der Waals surface area contributed by atoms with E-state index in [4.69, 9.17) is 0 Å². The summed E-state index contributed by atoms with van der Waals surface area (Å²) in [6, 6.07) is 3.02. The van der Waals surface area contributed by atoms with Gasteiger partial charge in [-0.2, -0.15) is 0 Å². The normalized spacial score (nSPS) is 29.9. The van der Waals surface area contributed by atoms with Crippen molar-refractivity contribution >= 4 is 11.8 Å². The standard InChI is InChI=1S/C20H19F2N3O4/c21-12-2-1-11(14(22)3-12)6-23-18(28)13-8-24-9-20-4-10(5-20)7-25(20)19(29)15(24)17(27)16(13)26/h1-3,8,10,16,26-27H,4-7,9H2,(H,23,28)/t10-,16?,20+. The molecule has 1 aromatic carbocycles. The van der Waals surface area contributed by atoms with Crippen LogP contribution in [0.25, 0.3) is 0 Å². The van der Waals surface area contributed by atoms with Gasteiger partial charge in [0.15, 0.2) is 5.76 Å². The van der Waals surface area contributed by atoms with Crippen LogP contribution in [0.3, 0.4) is 0 Å². The van der Waals surface area contributed by atoms with E-state index < -0.39 is 29.4 Å². The highest BCUT2D eigenvalue weighted by Gasteiger charge is 2.62. The average Bonchev–Trinajstić information content (AvgIpc) is 3.19. The summed E-state index contributed by atoms with van der Waals surface area (Å²) in [5, 5.41) is 23.3. The fourth-order valence-corrected chi connectivity index (χ4v) is 4.98. The summed E-state index contributed by atoms with van der Waals surface area (Å²) in [5.74, 6) is -2.66. The third kappa shape index (κ3) is 2.57. The molecular weight excluding hydrogens is 384 g/mol. The lowest BCUT2D eigenvalue weighted by Gasteiger charge is -2.50. The van der Waals surface area contributed by atoms with E-state index in [1.54, 1.807) is 4.90 Å². The topological polar surface area (TPSA) is 93.1 Å². The minimum atomic E-state index is -1.66. The van der Waals surface area contributed by atoms with Gasteiger partial charge in [-0.25, -0.2) is 8.78 Å². The maximum Gasteiger partial charge on any atom is 0.274 e. The molecule has 1 saturated carbocycles. The summed E-state index contributed by atoms with van der Waals surface area (Å²) < 4.78 is 26.8. The molecule has 5 aliphatic rings. The second-order valence-corrected chi connectivity index (χ2v) is 8.18. The summed E-state index contributed by atoms with van der Waals surface area (Å²) in [7, 11) is 0. The highest BCUT2D eigenvalue weighted by atomic mass is 19.1. The summed E-state index contributed by atoms with van der Waals surface area (Å²) in [6.07, 6.45) is 1.51. The molecule has 7 nitrogen and oxygen atoms in total. The summed E-state index contributed by atoms with van der Waals surface area (Å²) in [4.78, 5) is 28.7. The lowest BCUT2D eigenvalue weighted by Crippen LogP contribution is -2.61. The Morgan fingerprint density at radius 2 is 2.07 bits per heavy atom. The monoisotopic (exact) mass is 403 g/mol. The molecule has 29 heavy (non-hydrogen) atoms. The minimum Gasteiger partial charge on any atom is -0.507 e. The van der Waals surface area contributed by atoms with Gasteiger partial charge in [-0.05, 0) is 24.8 Å². The zero-order valence-corrected chi connectivity index (χ0v) is 15.4. The van der Waals surface area contributed by atoms with Crippen molar-refractivity contribution in [3.63, 3.8) is 0 Å². The molecule has 1 aliphatic carbocycles. The number of carbonyl (C=O) groups is 2. The predicted molar refractivity (Wildman–Crippen MR) is 95.8 cm³/mol. The third-order valence-electron chi connectivity index (χ3n) is 6.36. The molecule has 0 radical (unpaired) electrons. The summed E-state index contributed by atoms with van der Waals surface area (Å²) in [6.45, 7) is 0.884. The van der Waals surface area contributed by atoms with Crippen molar-refractivity contribution in [2.24, 2.45) is 5.92 Å². The van der Waals surface area contributed by atoms with Crippen LogP contribution in [0.2, 0.25) is 0 Å². The number of amides is 2. The molecule has 152 valence electrons. The van der Waals surface area contributed by atoms with Gasteiger partial charge in [0, 0.05) is 37.5 Å². The van der Waals surface area contributed by atoms with Crippen molar-refractivity contribution in [2.75, 3.05) is 13.1 Å². The van der Waals surface area contributed by atoms with Gasteiger partial charge >= 0.3 is 0 Å². The van der Waals surface area contributed by atoms with Crippen LogP contribution < -0.4 is 5.32 Å². The Kier molecular flexibility index (Phi) is 3.76. The van der Waals surface area contributed by atoms with Gasteiger partial charge in [0.25, 0.3) is 11.8 Å². The Hall–Kier alpha value is -2.94. The Balaban J connectivity index is 1.37. The van der Waals surface area contributed by atoms with Crippen molar-refractivity contribution in [3.05, 3.63) is 58.6 Å². The van der Waals surface area contributed by atoms with E-state index in [1.807, 2.05) is 0 Å². The molecule has 9 heteroatoms. The zero-order valence-electron chi connectivity index (χ0n) is 15.4. The number of carbonyl (C=O) groups excluding carboxylic acids is 2. The molecule has 2 amide bonds. The number of nitrogens with one attached hydrogen (secondary N) is 1. The molecule has 2 bridgehead atoms. The molecule has 4 aliphatic heterocycles. The van der Waals surface area contributed by atoms with Gasteiger partial charge < -0.3 is 25.3 Å². The Morgan fingerprint density at radius 3 is 2.79 bits per heavy atom. The highest BCUT2D eigenvalue weighted by Crippen LogP contribution is 2.54. The number of benzene rings is 1. The van der Waals surface area contributed by atoms with Gasteiger partial charge in [-0.3, -0.25) is 9.59 Å². The van der Waals surface area contributed by atoms with E-state index in [-0.39, 0.29) is 34.8 Å². The number of piperazine rings is 1. The van der Waals surface area contributed by atoms with Crippen LogP contribution in [0.4, 0.5) is 8.78 Å². The molecule has 0 aromatic heterocycles. The predicted octanol–water partition coefficient (Wildman–Crippen LogP) is 0.916.